The largest absolute Gasteiger partial charge is 0.491 e. The summed E-state index contributed by atoms with van der Waals surface area (Å²) >= 11 is 11.6. The van der Waals surface area contributed by atoms with Crippen molar-refractivity contribution in [2.45, 2.75) is 6.10 Å². The molecule has 4 heteroatoms. The average molecular weight is 219 g/mol. The summed E-state index contributed by atoms with van der Waals surface area (Å²) in [5, 5.41) is 1.17. The van der Waals surface area contributed by atoms with Gasteiger partial charge >= 0.3 is 0 Å². The van der Waals surface area contributed by atoms with Crippen molar-refractivity contribution in [3.8, 4) is 5.75 Å². The fourth-order valence-electron chi connectivity index (χ4n) is 0.965. The zero-order valence-corrected chi connectivity index (χ0v) is 8.31. The zero-order valence-electron chi connectivity index (χ0n) is 6.80. The van der Waals surface area contributed by atoms with Crippen LogP contribution in [0.5, 0.6) is 5.75 Å². The lowest BCUT2D eigenvalue weighted by molar-refractivity contribution is 0.263. The molecule has 1 saturated heterocycles. The first-order valence-corrected chi connectivity index (χ1v) is 4.70. The van der Waals surface area contributed by atoms with E-state index in [9.17, 15) is 0 Å². The van der Waals surface area contributed by atoms with Crippen LogP contribution in [-0.4, -0.2) is 19.3 Å². The van der Waals surface area contributed by atoms with Crippen molar-refractivity contribution in [3.05, 3.63) is 28.2 Å². The molecule has 0 spiro atoms. The molecule has 2 rings (SSSR count). The van der Waals surface area contributed by atoms with Crippen LogP contribution in [0.2, 0.25) is 10.0 Å². The van der Waals surface area contributed by atoms with Crippen LogP contribution in [0, 0.1) is 0 Å². The number of hydrogen-bond donors (Lipinski definition) is 0. The van der Waals surface area contributed by atoms with Crippen molar-refractivity contribution in [3.63, 3.8) is 0 Å². The first kappa shape index (κ1) is 9.13. The third kappa shape index (κ3) is 2.76. The maximum atomic E-state index is 5.79. The Balaban J connectivity index is 2.01. The topological polar surface area (TPSA) is 21.8 Å². The van der Waals surface area contributed by atoms with Gasteiger partial charge < -0.3 is 9.47 Å². The van der Waals surface area contributed by atoms with Crippen LogP contribution in [0.4, 0.5) is 0 Å². The first-order chi connectivity index (χ1) is 6.24. The summed E-state index contributed by atoms with van der Waals surface area (Å²) in [4.78, 5) is 0. The lowest BCUT2D eigenvalue weighted by Crippen LogP contribution is -2.03. The second-order valence-corrected chi connectivity index (χ2v) is 3.74. The van der Waals surface area contributed by atoms with Gasteiger partial charge in [0.15, 0.2) is 0 Å². The molecule has 0 amide bonds. The molecule has 13 heavy (non-hydrogen) atoms. The maximum Gasteiger partial charge on any atom is 0.122 e. The van der Waals surface area contributed by atoms with Crippen molar-refractivity contribution in [1.82, 2.24) is 0 Å². The van der Waals surface area contributed by atoms with Gasteiger partial charge in [-0.1, -0.05) is 23.2 Å². The molecule has 1 aromatic carbocycles. The van der Waals surface area contributed by atoms with Gasteiger partial charge in [0, 0.05) is 10.0 Å². The van der Waals surface area contributed by atoms with Gasteiger partial charge in [-0.05, 0) is 18.2 Å². The molecule has 0 radical (unpaired) electrons. The molecule has 1 heterocycles. The molecule has 2 nitrogen and oxygen atoms in total. The van der Waals surface area contributed by atoms with Gasteiger partial charge in [-0.2, -0.15) is 0 Å². The Hall–Kier alpha value is -0.440. The number of ether oxygens (including phenoxy) is 2. The minimum atomic E-state index is 0.248. The monoisotopic (exact) mass is 218 g/mol. The van der Waals surface area contributed by atoms with Crippen LogP contribution in [0.1, 0.15) is 0 Å². The van der Waals surface area contributed by atoms with E-state index in [0.717, 1.165) is 6.61 Å². The van der Waals surface area contributed by atoms with Crippen molar-refractivity contribution < 1.29 is 9.47 Å². The SMILES string of the molecule is Clc1cc(Cl)cc(OC[C@H]2CO2)c1. The van der Waals surface area contributed by atoms with Crippen LogP contribution in [-0.2, 0) is 4.74 Å². The highest BCUT2D eigenvalue weighted by molar-refractivity contribution is 6.34. The summed E-state index contributed by atoms with van der Waals surface area (Å²) < 4.78 is 10.4. The Morgan fingerprint density at radius 3 is 2.46 bits per heavy atom. The number of epoxide rings is 1. The minimum Gasteiger partial charge on any atom is -0.491 e. The second kappa shape index (κ2) is 3.74. The predicted octanol–water partition coefficient (Wildman–Crippen LogP) is 2.77. The summed E-state index contributed by atoms with van der Waals surface area (Å²) in [7, 11) is 0. The highest BCUT2D eigenvalue weighted by atomic mass is 35.5. The number of benzene rings is 1. The predicted molar refractivity (Wildman–Crippen MR) is 51.7 cm³/mol. The van der Waals surface area contributed by atoms with E-state index in [0.29, 0.717) is 22.4 Å². The Bertz CT molecular complexity index is 290. The van der Waals surface area contributed by atoms with Gasteiger partial charge in [0.05, 0.1) is 6.61 Å². The Morgan fingerprint density at radius 2 is 1.92 bits per heavy atom. The van der Waals surface area contributed by atoms with Crippen LogP contribution in [0.15, 0.2) is 18.2 Å². The second-order valence-electron chi connectivity index (χ2n) is 2.87. The lowest BCUT2D eigenvalue weighted by atomic mass is 10.3. The molecule has 0 aliphatic carbocycles. The molecule has 0 saturated carbocycles. The van der Waals surface area contributed by atoms with Crippen molar-refractivity contribution >= 4 is 23.2 Å². The Labute approximate surface area is 86.4 Å². The van der Waals surface area contributed by atoms with Gasteiger partial charge in [-0.25, -0.2) is 0 Å². The van der Waals surface area contributed by atoms with E-state index in [1.165, 1.54) is 0 Å². The summed E-state index contributed by atoms with van der Waals surface area (Å²) in [6.45, 7) is 1.35. The molecule has 0 aromatic heterocycles. The Kier molecular flexibility index (Phi) is 2.63. The van der Waals surface area contributed by atoms with Gasteiger partial charge in [-0.15, -0.1) is 0 Å². The standard InChI is InChI=1S/C9H8Cl2O2/c10-6-1-7(11)3-8(2-6)12-4-9-5-13-9/h1-3,9H,4-5H2/t9-/m0/s1. The van der Waals surface area contributed by atoms with E-state index in [4.69, 9.17) is 32.7 Å². The van der Waals surface area contributed by atoms with Crippen LogP contribution in [0.25, 0.3) is 0 Å². The van der Waals surface area contributed by atoms with Gasteiger partial charge in [0.1, 0.15) is 18.5 Å². The highest BCUT2D eigenvalue weighted by Crippen LogP contribution is 2.24. The van der Waals surface area contributed by atoms with Crippen LogP contribution in [0.3, 0.4) is 0 Å². The van der Waals surface area contributed by atoms with E-state index in [2.05, 4.69) is 0 Å². The van der Waals surface area contributed by atoms with Gasteiger partial charge in [0.2, 0.25) is 0 Å². The lowest BCUT2D eigenvalue weighted by Gasteiger charge is -2.04. The van der Waals surface area contributed by atoms with Crippen molar-refractivity contribution in [2.24, 2.45) is 0 Å². The summed E-state index contributed by atoms with van der Waals surface area (Å²) in [6, 6.07) is 5.13. The molecule has 1 aliphatic heterocycles. The van der Waals surface area contributed by atoms with Crippen molar-refractivity contribution in [2.75, 3.05) is 13.2 Å². The number of halogens is 2. The van der Waals surface area contributed by atoms with Gasteiger partial charge in [0.25, 0.3) is 0 Å². The summed E-state index contributed by atoms with van der Waals surface area (Å²) in [6.07, 6.45) is 0.248. The third-order valence-corrected chi connectivity index (χ3v) is 2.11. The van der Waals surface area contributed by atoms with E-state index >= 15 is 0 Å². The number of rotatable bonds is 3. The van der Waals surface area contributed by atoms with E-state index in [1.54, 1.807) is 18.2 Å². The van der Waals surface area contributed by atoms with Gasteiger partial charge in [-0.3, -0.25) is 0 Å². The van der Waals surface area contributed by atoms with E-state index in [1.807, 2.05) is 0 Å². The molecule has 1 atom stereocenters. The van der Waals surface area contributed by atoms with Crippen LogP contribution < -0.4 is 4.74 Å². The smallest absolute Gasteiger partial charge is 0.122 e. The molecular formula is C9H8Cl2O2. The summed E-state index contributed by atoms with van der Waals surface area (Å²) in [5.41, 5.74) is 0. The number of hydrogen-bond acceptors (Lipinski definition) is 2. The van der Waals surface area contributed by atoms with E-state index < -0.39 is 0 Å². The molecule has 1 aliphatic rings. The zero-order chi connectivity index (χ0) is 9.26. The fourth-order valence-corrected chi connectivity index (χ4v) is 1.47. The minimum absolute atomic E-state index is 0.248. The molecule has 1 aromatic rings. The fraction of sp³-hybridized carbons (Fsp3) is 0.333. The van der Waals surface area contributed by atoms with Crippen LogP contribution >= 0.6 is 23.2 Å². The van der Waals surface area contributed by atoms with Crippen molar-refractivity contribution in [1.29, 1.82) is 0 Å². The summed E-state index contributed by atoms with van der Waals surface area (Å²) in [5.74, 6) is 0.688. The van der Waals surface area contributed by atoms with E-state index in [-0.39, 0.29) is 6.10 Å². The Morgan fingerprint density at radius 1 is 1.31 bits per heavy atom. The first-order valence-electron chi connectivity index (χ1n) is 3.94. The average Bonchev–Trinajstić information content (AvgIpc) is 2.81. The molecule has 70 valence electrons. The molecule has 0 unspecified atom stereocenters. The molecule has 1 fully saturated rings. The molecule has 0 N–H and O–H groups in total. The quantitative estimate of drug-likeness (QED) is 0.729. The normalized spacial score (nSPS) is 20.0. The molecular weight excluding hydrogens is 211 g/mol. The maximum absolute atomic E-state index is 5.79. The highest BCUT2D eigenvalue weighted by Gasteiger charge is 2.23. The molecule has 0 bridgehead atoms. The third-order valence-electron chi connectivity index (χ3n) is 1.67.